The zero-order chi connectivity index (χ0) is 11.1. The molecule has 1 unspecified atom stereocenters. The van der Waals surface area contributed by atoms with Crippen molar-refractivity contribution in [2.45, 2.75) is 52.0 Å². The van der Waals surface area contributed by atoms with E-state index in [-0.39, 0.29) is 5.97 Å². The fourth-order valence-electron chi connectivity index (χ4n) is 1.92. The molecule has 0 radical (unpaired) electrons. The maximum absolute atomic E-state index is 11.2. The molecular weight excluding hydrogens is 190 g/mol. The number of nitrogens with one attached hydrogen (secondary N) is 1. The van der Waals surface area contributed by atoms with E-state index in [0.717, 1.165) is 25.8 Å². The third-order valence-corrected chi connectivity index (χ3v) is 2.94. The van der Waals surface area contributed by atoms with Crippen LogP contribution in [0.3, 0.4) is 0 Å². The summed E-state index contributed by atoms with van der Waals surface area (Å²) in [7, 11) is 0. The van der Waals surface area contributed by atoms with Crippen LogP contribution >= 0.6 is 0 Å². The second kappa shape index (κ2) is 6.83. The lowest BCUT2D eigenvalue weighted by molar-refractivity contribution is -0.143. The van der Waals surface area contributed by atoms with Crippen molar-refractivity contribution in [3.63, 3.8) is 0 Å². The van der Waals surface area contributed by atoms with E-state index in [1.54, 1.807) is 0 Å². The smallest absolute Gasteiger partial charge is 0.305 e. The van der Waals surface area contributed by atoms with Gasteiger partial charge in [-0.25, -0.2) is 0 Å². The Balaban J connectivity index is 2.36. The summed E-state index contributed by atoms with van der Waals surface area (Å²) in [6.45, 7) is 6.02. The normalized spacial score (nSPS) is 25.8. The minimum absolute atomic E-state index is 0.0296. The van der Waals surface area contributed by atoms with Crippen molar-refractivity contribution in [2.75, 3.05) is 13.2 Å². The van der Waals surface area contributed by atoms with Crippen LogP contribution in [-0.2, 0) is 9.53 Å². The molecule has 1 rings (SSSR count). The SMILES string of the molecule is CC(C)C1CCCCC(=O)OCCCN1. The average molecular weight is 213 g/mol. The molecule has 1 saturated heterocycles. The molecule has 0 aliphatic carbocycles. The third kappa shape index (κ3) is 5.17. The summed E-state index contributed by atoms with van der Waals surface area (Å²) in [4.78, 5) is 11.2. The van der Waals surface area contributed by atoms with Crippen molar-refractivity contribution < 1.29 is 9.53 Å². The number of esters is 1. The number of cyclic esters (lactones) is 1. The Hall–Kier alpha value is -0.570. The fraction of sp³-hybridized carbons (Fsp3) is 0.917. The van der Waals surface area contributed by atoms with Crippen molar-refractivity contribution in [2.24, 2.45) is 5.92 Å². The van der Waals surface area contributed by atoms with E-state index in [4.69, 9.17) is 4.74 Å². The fourth-order valence-corrected chi connectivity index (χ4v) is 1.92. The number of carbonyl (C=O) groups excluding carboxylic acids is 1. The van der Waals surface area contributed by atoms with E-state index in [2.05, 4.69) is 19.2 Å². The third-order valence-electron chi connectivity index (χ3n) is 2.94. The summed E-state index contributed by atoms with van der Waals surface area (Å²) in [6, 6.07) is 0.596. The molecule has 0 bridgehead atoms. The standard InChI is InChI=1S/C12H23NO2/c1-10(2)11-6-3-4-7-12(14)15-9-5-8-13-11/h10-11,13H,3-9H2,1-2H3. The van der Waals surface area contributed by atoms with Gasteiger partial charge in [0.05, 0.1) is 6.61 Å². The molecular formula is C12H23NO2. The lowest BCUT2D eigenvalue weighted by atomic mass is 9.98. The Morgan fingerprint density at radius 2 is 2.13 bits per heavy atom. The summed E-state index contributed by atoms with van der Waals surface area (Å²) >= 11 is 0. The first-order chi connectivity index (χ1) is 7.20. The largest absolute Gasteiger partial charge is 0.466 e. The highest BCUT2D eigenvalue weighted by molar-refractivity contribution is 5.69. The van der Waals surface area contributed by atoms with Crippen LogP contribution in [0.1, 0.15) is 46.0 Å². The first-order valence-electron chi connectivity index (χ1n) is 6.09. The van der Waals surface area contributed by atoms with E-state index < -0.39 is 0 Å². The first-order valence-corrected chi connectivity index (χ1v) is 6.09. The van der Waals surface area contributed by atoms with Crippen molar-refractivity contribution in [1.29, 1.82) is 0 Å². The monoisotopic (exact) mass is 213 g/mol. The molecule has 0 aromatic carbocycles. The molecule has 1 aliphatic heterocycles. The molecule has 0 amide bonds. The molecule has 1 aliphatic rings. The lowest BCUT2D eigenvalue weighted by Crippen LogP contribution is -2.34. The van der Waals surface area contributed by atoms with Gasteiger partial charge < -0.3 is 10.1 Å². The summed E-state index contributed by atoms with van der Waals surface area (Å²) in [6.07, 6.45) is 4.76. The molecule has 0 saturated carbocycles. The molecule has 15 heavy (non-hydrogen) atoms. The van der Waals surface area contributed by atoms with Crippen LogP contribution in [0.15, 0.2) is 0 Å². The Labute approximate surface area is 92.6 Å². The maximum Gasteiger partial charge on any atom is 0.305 e. The van der Waals surface area contributed by atoms with Gasteiger partial charge in [-0.2, -0.15) is 0 Å². The van der Waals surface area contributed by atoms with Gasteiger partial charge in [0.25, 0.3) is 0 Å². The van der Waals surface area contributed by atoms with E-state index in [1.807, 2.05) is 0 Å². The summed E-state index contributed by atoms with van der Waals surface area (Å²) in [5.74, 6) is 0.639. The highest BCUT2D eigenvalue weighted by Gasteiger charge is 2.13. The van der Waals surface area contributed by atoms with Crippen molar-refractivity contribution >= 4 is 5.97 Å². The zero-order valence-corrected chi connectivity index (χ0v) is 9.92. The van der Waals surface area contributed by atoms with E-state index in [1.165, 1.54) is 6.42 Å². The van der Waals surface area contributed by atoms with Crippen LogP contribution in [0.25, 0.3) is 0 Å². The van der Waals surface area contributed by atoms with Gasteiger partial charge in [0, 0.05) is 12.5 Å². The van der Waals surface area contributed by atoms with E-state index >= 15 is 0 Å². The quantitative estimate of drug-likeness (QED) is 0.678. The molecule has 1 heterocycles. The van der Waals surface area contributed by atoms with Gasteiger partial charge in [0.15, 0.2) is 0 Å². The van der Waals surface area contributed by atoms with Gasteiger partial charge in [0.1, 0.15) is 0 Å². The Morgan fingerprint density at radius 3 is 2.87 bits per heavy atom. The van der Waals surface area contributed by atoms with Crippen LogP contribution in [0.5, 0.6) is 0 Å². The van der Waals surface area contributed by atoms with Crippen molar-refractivity contribution in [3.8, 4) is 0 Å². The number of hydrogen-bond donors (Lipinski definition) is 1. The second-order valence-electron chi connectivity index (χ2n) is 4.62. The van der Waals surface area contributed by atoms with Crippen LogP contribution in [0.4, 0.5) is 0 Å². The summed E-state index contributed by atoms with van der Waals surface area (Å²) in [5.41, 5.74) is 0. The van der Waals surface area contributed by atoms with Gasteiger partial charge in [0.2, 0.25) is 0 Å². The van der Waals surface area contributed by atoms with Crippen LogP contribution < -0.4 is 5.32 Å². The zero-order valence-electron chi connectivity index (χ0n) is 9.92. The average Bonchev–Trinajstić information content (AvgIpc) is 2.23. The Bertz CT molecular complexity index is 192. The molecule has 0 aromatic heterocycles. The molecule has 1 N–H and O–H groups in total. The van der Waals surface area contributed by atoms with E-state index in [9.17, 15) is 4.79 Å². The second-order valence-corrected chi connectivity index (χ2v) is 4.62. The van der Waals surface area contributed by atoms with Gasteiger partial charge in [-0.3, -0.25) is 4.79 Å². The number of ether oxygens (including phenoxy) is 1. The van der Waals surface area contributed by atoms with Gasteiger partial charge in [-0.15, -0.1) is 0 Å². The molecule has 88 valence electrons. The van der Waals surface area contributed by atoms with Gasteiger partial charge in [-0.05, 0) is 31.7 Å². The lowest BCUT2D eigenvalue weighted by Gasteiger charge is -2.21. The predicted molar refractivity (Wildman–Crippen MR) is 60.7 cm³/mol. The molecule has 3 heteroatoms. The molecule has 1 atom stereocenters. The van der Waals surface area contributed by atoms with Crippen LogP contribution in [0, 0.1) is 5.92 Å². The highest BCUT2D eigenvalue weighted by atomic mass is 16.5. The maximum atomic E-state index is 11.2. The number of carbonyl (C=O) groups is 1. The minimum Gasteiger partial charge on any atom is -0.466 e. The van der Waals surface area contributed by atoms with E-state index in [0.29, 0.717) is 25.0 Å². The van der Waals surface area contributed by atoms with Crippen LogP contribution in [-0.4, -0.2) is 25.2 Å². The Kier molecular flexibility index (Phi) is 5.69. The molecule has 1 fully saturated rings. The van der Waals surface area contributed by atoms with Crippen molar-refractivity contribution in [3.05, 3.63) is 0 Å². The molecule has 0 aromatic rings. The number of hydrogen-bond acceptors (Lipinski definition) is 3. The molecule has 3 nitrogen and oxygen atoms in total. The Morgan fingerprint density at radius 1 is 1.33 bits per heavy atom. The predicted octanol–water partition coefficient (Wildman–Crippen LogP) is 2.11. The highest BCUT2D eigenvalue weighted by Crippen LogP contribution is 2.12. The van der Waals surface area contributed by atoms with Crippen LogP contribution in [0.2, 0.25) is 0 Å². The molecule has 0 spiro atoms. The number of rotatable bonds is 1. The summed E-state index contributed by atoms with van der Waals surface area (Å²) < 4.78 is 5.09. The van der Waals surface area contributed by atoms with Gasteiger partial charge in [-0.1, -0.05) is 20.3 Å². The summed E-state index contributed by atoms with van der Waals surface area (Å²) in [5, 5.41) is 3.54. The first kappa shape index (κ1) is 12.5. The topological polar surface area (TPSA) is 38.3 Å². The van der Waals surface area contributed by atoms with Crippen molar-refractivity contribution in [1.82, 2.24) is 5.32 Å². The minimum atomic E-state index is -0.0296. The van der Waals surface area contributed by atoms with Gasteiger partial charge >= 0.3 is 5.97 Å².